The standard InChI is InChI=1S/C25H23N3O6S/c1-32-20-4-6-21(7-5-20)35(30,31)28(15-17-3-2-8-26-14-17)16-19-11-18-12-23-24(34-10-9-33-23)13-22(18)27-25(19)29/h2-8,11-14H,9-10,15-16H2,1H3,(H,27,29). The lowest BCUT2D eigenvalue weighted by Gasteiger charge is -2.23. The minimum Gasteiger partial charge on any atom is -0.497 e. The highest BCUT2D eigenvalue weighted by atomic mass is 32.2. The van der Waals surface area contributed by atoms with Crippen LogP contribution in [0.1, 0.15) is 11.1 Å². The van der Waals surface area contributed by atoms with Gasteiger partial charge in [-0.2, -0.15) is 4.31 Å². The molecular weight excluding hydrogens is 470 g/mol. The highest BCUT2D eigenvalue weighted by Crippen LogP contribution is 2.34. The van der Waals surface area contributed by atoms with Crippen molar-refractivity contribution in [2.45, 2.75) is 18.0 Å². The van der Waals surface area contributed by atoms with Crippen LogP contribution in [0.2, 0.25) is 0 Å². The van der Waals surface area contributed by atoms with E-state index >= 15 is 0 Å². The van der Waals surface area contributed by atoms with Crippen molar-refractivity contribution in [2.24, 2.45) is 0 Å². The van der Waals surface area contributed by atoms with Crippen LogP contribution in [0.3, 0.4) is 0 Å². The minimum atomic E-state index is -3.95. The number of benzene rings is 2. The molecule has 0 bridgehead atoms. The normalized spacial score (nSPS) is 13.2. The Bertz CT molecular complexity index is 1520. The van der Waals surface area contributed by atoms with Crippen LogP contribution in [0.25, 0.3) is 10.9 Å². The molecule has 0 fully saturated rings. The van der Waals surface area contributed by atoms with Crippen molar-refractivity contribution < 1.29 is 22.6 Å². The molecule has 1 aliphatic heterocycles. The molecule has 0 saturated heterocycles. The van der Waals surface area contributed by atoms with Crippen molar-refractivity contribution >= 4 is 20.9 Å². The van der Waals surface area contributed by atoms with Crippen molar-refractivity contribution in [3.63, 3.8) is 0 Å². The quantitative estimate of drug-likeness (QED) is 0.421. The molecule has 1 N–H and O–H groups in total. The summed E-state index contributed by atoms with van der Waals surface area (Å²) in [5.74, 6) is 1.69. The van der Waals surface area contributed by atoms with E-state index in [-0.39, 0.29) is 23.5 Å². The Hall–Kier alpha value is -3.89. The maximum atomic E-state index is 13.6. The van der Waals surface area contributed by atoms with Crippen LogP contribution in [0.4, 0.5) is 0 Å². The van der Waals surface area contributed by atoms with Gasteiger partial charge in [-0.3, -0.25) is 9.78 Å². The zero-order chi connectivity index (χ0) is 24.4. The number of nitrogens with zero attached hydrogens (tertiary/aromatic N) is 2. The summed E-state index contributed by atoms with van der Waals surface area (Å²) in [5.41, 5.74) is 1.20. The average Bonchev–Trinajstić information content (AvgIpc) is 2.88. The van der Waals surface area contributed by atoms with Crippen molar-refractivity contribution in [1.82, 2.24) is 14.3 Å². The van der Waals surface area contributed by atoms with Crippen LogP contribution >= 0.6 is 0 Å². The van der Waals surface area contributed by atoms with Gasteiger partial charge in [0, 0.05) is 42.5 Å². The summed E-state index contributed by atoms with van der Waals surface area (Å²) in [6.45, 7) is 0.783. The van der Waals surface area contributed by atoms with Crippen LogP contribution in [0, 0.1) is 0 Å². The van der Waals surface area contributed by atoms with E-state index < -0.39 is 10.0 Å². The molecule has 180 valence electrons. The predicted molar refractivity (Wildman–Crippen MR) is 129 cm³/mol. The van der Waals surface area contributed by atoms with Crippen LogP contribution in [0.15, 0.2) is 76.7 Å². The molecule has 3 heterocycles. The number of hydrogen-bond acceptors (Lipinski definition) is 7. The fourth-order valence-electron chi connectivity index (χ4n) is 3.91. The average molecular weight is 494 g/mol. The Morgan fingerprint density at radius 1 is 1.03 bits per heavy atom. The van der Waals surface area contributed by atoms with Crippen molar-refractivity contribution in [3.8, 4) is 17.2 Å². The minimum absolute atomic E-state index is 0.0425. The van der Waals surface area contributed by atoms with E-state index in [2.05, 4.69) is 9.97 Å². The number of methoxy groups -OCH3 is 1. The first-order valence-corrected chi connectivity index (χ1v) is 12.4. The number of hydrogen-bond donors (Lipinski definition) is 1. The van der Waals surface area contributed by atoms with Crippen molar-refractivity contribution in [1.29, 1.82) is 0 Å². The number of H-pyrrole nitrogens is 1. The fraction of sp³-hybridized carbons (Fsp3) is 0.200. The van der Waals surface area contributed by atoms with Gasteiger partial charge in [0.25, 0.3) is 5.56 Å². The number of sulfonamides is 1. The summed E-state index contributed by atoms with van der Waals surface area (Å²) >= 11 is 0. The summed E-state index contributed by atoms with van der Waals surface area (Å²) in [5, 5.41) is 0.715. The summed E-state index contributed by atoms with van der Waals surface area (Å²) in [7, 11) is -2.44. The lowest BCUT2D eigenvalue weighted by Crippen LogP contribution is -2.32. The largest absolute Gasteiger partial charge is 0.497 e. The van der Waals surface area contributed by atoms with Gasteiger partial charge in [0.1, 0.15) is 19.0 Å². The number of aromatic nitrogens is 2. The lowest BCUT2D eigenvalue weighted by molar-refractivity contribution is 0.172. The molecule has 0 atom stereocenters. The van der Waals surface area contributed by atoms with Gasteiger partial charge in [-0.25, -0.2) is 8.42 Å². The van der Waals surface area contributed by atoms with Crippen LogP contribution < -0.4 is 19.8 Å². The van der Waals surface area contributed by atoms with Crippen LogP contribution in [-0.4, -0.2) is 43.0 Å². The first-order valence-electron chi connectivity index (χ1n) is 10.9. The van der Waals surface area contributed by atoms with Crippen molar-refractivity contribution in [3.05, 3.63) is 88.5 Å². The third-order valence-electron chi connectivity index (χ3n) is 5.71. The lowest BCUT2D eigenvalue weighted by atomic mass is 10.1. The molecular formula is C25H23N3O6S. The van der Waals surface area contributed by atoms with E-state index in [9.17, 15) is 13.2 Å². The Kier molecular flexibility index (Phi) is 6.14. The van der Waals surface area contributed by atoms with E-state index in [1.54, 1.807) is 54.9 Å². The third-order valence-corrected chi connectivity index (χ3v) is 7.52. The molecule has 2 aromatic heterocycles. The van der Waals surface area contributed by atoms with Gasteiger partial charge in [-0.05, 0) is 48.0 Å². The summed E-state index contributed by atoms with van der Waals surface area (Å²) in [4.78, 5) is 20.0. The molecule has 0 amide bonds. The number of fused-ring (bicyclic) bond motifs is 2. The molecule has 5 rings (SSSR count). The number of ether oxygens (including phenoxy) is 3. The zero-order valence-electron chi connectivity index (χ0n) is 18.9. The first-order chi connectivity index (χ1) is 16.9. The fourth-order valence-corrected chi connectivity index (χ4v) is 5.32. The van der Waals surface area contributed by atoms with E-state index in [0.717, 1.165) is 0 Å². The first kappa shape index (κ1) is 22.9. The van der Waals surface area contributed by atoms with E-state index in [0.29, 0.717) is 52.5 Å². The summed E-state index contributed by atoms with van der Waals surface area (Å²) < 4.78 is 44.9. The van der Waals surface area contributed by atoms with Gasteiger partial charge in [0.2, 0.25) is 10.0 Å². The van der Waals surface area contributed by atoms with Gasteiger partial charge in [0.15, 0.2) is 11.5 Å². The molecule has 0 saturated carbocycles. The number of pyridine rings is 2. The van der Waals surface area contributed by atoms with Crippen LogP contribution in [-0.2, 0) is 23.1 Å². The molecule has 0 radical (unpaired) electrons. The third kappa shape index (κ3) is 4.71. The highest BCUT2D eigenvalue weighted by molar-refractivity contribution is 7.89. The maximum absolute atomic E-state index is 13.6. The number of nitrogens with one attached hydrogen (secondary N) is 1. The monoisotopic (exact) mass is 493 g/mol. The van der Waals surface area contributed by atoms with E-state index in [4.69, 9.17) is 14.2 Å². The predicted octanol–water partition coefficient (Wildman–Crippen LogP) is 3.09. The molecule has 2 aromatic carbocycles. The Morgan fingerprint density at radius 2 is 1.77 bits per heavy atom. The number of aromatic amines is 1. The number of rotatable bonds is 7. The van der Waals surface area contributed by atoms with Crippen LogP contribution in [0.5, 0.6) is 17.2 Å². The van der Waals surface area contributed by atoms with Gasteiger partial charge >= 0.3 is 0 Å². The SMILES string of the molecule is COc1ccc(S(=O)(=O)N(Cc2cccnc2)Cc2cc3cc4c(cc3[nH]c2=O)OCCO4)cc1. The Balaban J connectivity index is 1.54. The zero-order valence-corrected chi connectivity index (χ0v) is 19.7. The van der Waals surface area contributed by atoms with Gasteiger partial charge in [-0.1, -0.05) is 6.07 Å². The molecule has 0 unspecified atom stereocenters. The van der Waals surface area contributed by atoms with Gasteiger partial charge in [-0.15, -0.1) is 0 Å². The van der Waals surface area contributed by atoms with E-state index in [1.165, 1.54) is 23.5 Å². The molecule has 4 aromatic rings. The second kappa shape index (κ2) is 9.40. The van der Waals surface area contributed by atoms with Crippen molar-refractivity contribution in [2.75, 3.05) is 20.3 Å². The molecule has 1 aliphatic rings. The topological polar surface area (TPSA) is 111 Å². The second-order valence-corrected chi connectivity index (χ2v) is 9.95. The Morgan fingerprint density at radius 3 is 2.46 bits per heavy atom. The molecule has 0 aliphatic carbocycles. The highest BCUT2D eigenvalue weighted by Gasteiger charge is 2.26. The molecule has 9 nitrogen and oxygen atoms in total. The van der Waals surface area contributed by atoms with Gasteiger partial charge < -0.3 is 19.2 Å². The second-order valence-electron chi connectivity index (χ2n) is 8.02. The summed E-state index contributed by atoms with van der Waals surface area (Å²) in [6, 6.07) is 14.9. The molecule has 10 heteroatoms. The Labute approximate surface area is 202 Å². The smallest absolute Gasteiger partial charge is 0.252 e. The van der Waals surface area contributed by atoms with Gasteiger partial charge in [0.05, 0.1) is 17.5 Å². The molecule has 0 spiro atoms. The maximum Gasteiger partial charge on any atom is 0.252 e. The van der Waals surface area contributed by atoms with E-state index in [1.807, 2.05) is 0 Å². The summed E-state index contributed by atoms with van der Waals surface area (Å²) in [6.07, 6.45) is 3.22. The molecule has 35 heavy (non-hydrogen) atoms.